The molecule has 0 aromatic heterocycles. The van der Waals surface area contributed by atoms with Gasteiger partial charge in [-0.05, 0) is 127 Å². The molecule has 4 fully saturated rings. The molecular formula is C37H54FNO2. The maximum atomic E-state index is 14.3. The summed E-state index contributed by atoms with van der Waals surface area (Å²) in [5.74, 6) is 2.44. The number of halogens is 1. The monoisotopic (exact) mass is 563 g/mol. The van der Waals surface area contributed by atoms with Gasteiger partial charge in [-0.2, -0.15) is 0 Å². The summed E-state index contributed by atoms with van der Waals surface area (Å²) < 4.78 is 13.5. The van der Waals surface area contributed by atoms with Gasteiger partial charge in [0.15, 0.2) is 0 Å². The molecule has 0 aliphatic heterocycles. The second-order valence-electron chi connectivity index (χ2n) is 16.5. The highest BCUT2D eigenvalue weighted by Gasteiger charge is 2.69. The molecule has 0 spiro atoms. The number of aliphatic hydroxyl groups excluding tert-OH is 1. The van der Waals surface area contributed by atoms with Crippen LogP contribution in [0.2, 0.25) is 0 Å². The fourth-order valence-corrected chi connectivity index (χ4v) is 11.8. The van der Waals surface area contributed by atoms with Crippen LogP contribution in [-0.4, -0.2) is 17.1 Å². The fraction of sp³-hybridized carbons (Fsp3) is 0.757. The average Bonchev–Trinajstić information content (AvgIpc) is 2.93. The molecule has 1 aromatic rings. The number of benzene rings is 1. The van der Waals surface area contributed by atoms with E-state index in [1.807, 2.05) is 0 Å². The van der Waals surface area contributed by atoms with Crippen LogP contribution in [0.4, 0.5) is 4.39 Å². The molecule has 6 rings (SSSR count). The zero-order valence-electron chi connectivity index (χ0n) is 26.7. The lowest BCUT2D eigenvalue weighted by Gasteiger charge is -2.71. The molecule has 0 bridgehead atoms. The molecule has 0 heterocycles. The Morgan fingerprint density at radius 1 is 0.927 bits per heavy atom. The van der Waals surface area contributed by atoms with Crippen molar-refractivity contribution in [2.24, 2.45) is 56.7 Å². The van der Waals surface area contributed by atoms with Gasteiger partial charge in [0.1, 0.15) is 5.82 Å². The Labute approximate surface area is 248 Å². The quantitative estimate of drug-likeness (QED) is 0.363. The number of hydrogen-bond acceptors (Lipinski definition) is 2. The molecule has 10 atom stereocenters. The van der Waals surface area contributed by atoms with Crippen molar-refractivity contribution in [2.75, 3.05) is 0 Å². The van der Waals surface area contributed by atoms with Gasteiger partial charge in [-0.1, -0.05) is 72.2 Å². The van der Waals surface area contributed by atoms with E-state index < -0.39 is 0 Å². The van der Waals surface area contributed by atoms with Gasteiger partial charge in [-0.25, -0.2) is 4.39 Å². The molecule has 3 nitrogen and oxygen atoms in total. The molecule has 0 unspecified atom stereocenters. The first-order valence-corrected chi connectivity index (χ1v) is 16.6. The summed E-state index contributed by atoms with van der Waals surface area (Å²) in [7, 11) is 0. The van der Waals surface area contributed by atoms with E-state index in [0.717, 1.165) is 50.5 Å². The Bertz CT molecular complexity index is 1220. The molecule has 4 saturated carbocycles. The molecule has 41 heavy (non-hydrogen) atoms. The minimum absolute atomic E-state index is 0.0448. The van der Waals surface area contributed by atoms with Crippen LogP contribution in [0.5, 0.6) is 0 Å². The van der Waals surface area contributed by atoms with Crippen LogP contribution in [0.3, 0.4) is 0 Å². The molecule has 5 aliphatic carbocycles. The first-order valence-electron chi connectivity index (χ1n) is 16.6. The molecule has 1 amide bonds. The van der Waals surface area contributed by atoms with Crippen LogP contribution < -0.4 is 5.32 Å². The number of rotatable bonds is 3. The lowest BCUT2D eigenvalue weighted by atomic mass is 9.33. The summed E-state index contributed by atoms with van der Waals surface area (Å²) >= 11 is 0. The number of fused-ring (bicyclic) bond motifs is 7. The Morgan fingerprint density at radius 3 is 2.34 bits per heavy atom. The molecule has 1 aromatic carbocycles. The topological polar surface area (TPSA) is 49.3 Å². The lowest BCUT2D eigenvalue weighted by Crippen LogP contribution is -2.66. The number of nitrogens with one attached hydrogen (secondary N) is 1. The van der Waals surface area contributed by atoms with Crippen molar-refractivity contribution in [3.8, 4) is 0 Å². The number of amides is 1. The molecule has 4 heteroatoms. The summed E-state index contributed by atoms with van der Waals surface area (Å²) in [6.45, 7) is 17.7. The molecule has 226 valence electrons. The second kappa shape index (κ2) is 9.66. The van der Waals surface area contributed by atoms with Crippen LogP contribution in [0.25, 0.3) is 0 Å². The highest BCUT2D eigenvalue weighted by molar-refractivity contribution is 5.84. The standard InChI is InChI=1S/C37H54FNO2/c1-23-14-19-37(32(41)39-22-25-8-10-26(38)11-9-25)21-20-35(6)27(31(37)24(23)2)12-13-29-34(5)17-16-30(40)33(3,4)28(34)15-18-36(29,35)7/h8-12,23-24,28-31,40H,13-22H2,1-7H3,(H,39,41)/t23-,24+,28+,29-,30+,31+,34+,35-,36-,37+/m1/s1. The van der Waals surface area contributed by atoms with E-state index in [1.54, 1.807) is 17.7 Å². The van der Waals surface area contributed by atoms with Crippen LogP contribution in [0, 0.1) is 62.5 Å². The minimum Gasteiger partial charge on any atom is -0.393 e. The van der Waals surface area contributed by atoms with Gasteiger partial charge in [0.2, 0.25) is 5.91 Å². The van der Waals surface area contributed by atoms with E-state index in [1.165, 1.54) is 25.0 Å². The van der Waals surface area contributed by atoms with Crippen molar-refractivity contribution in [3.63, 3.8) is 0 Å². The van der Waals surface area contributed by atoms with Crippen molar-refractivity contribution in [1.82, 2.24) is 5.32 Å². The summed E-state index contributed by atoms with van der Waals surface area (Å²) in [5, 5.41) is 14.3. The van der Waals surface area contributed by atoms with E-state index in [9.17, 15) is 14.3 Å². The molecule has 0 radical (unpaired) electrons. The number of carbonyl (C=O) groups excluding carboxylic acids is 1. The molecule has 2 N–H and O–H groups in total. The smallest absolute Gasteiger partial charge is 0.227 e. The average molecular weight is 564 g/mol. The summed E-state index contributed by atoms with van der Waals surface area (Å²) in [6.07, 6.45) is 12.0. The van der Waals surface area contributed by atoms with Crippen molar-refractivity contribution < 1.29 is 14.3 Å². The van der Waals surface area contributed by atoms with E-state index >= 15 is 0 Å². The van der Waals surface area contributed by atoms with Crippen LogP contribution in [-0.2, 0) is 11.3 Å². The Hall–Kier alpha value is -1.68. The maximum absolute atomic E-state index is 14.3. The van der Waals surface area contributed by atoms with Gasteiger partial charge in [0.05, 0.1) is 11.5 Å². The van der Waals surface area contributed by atoms with Crippen molar-refractivity contribution in [1.29, 1.82) is 0 Å². The number of aliphatic hydroxyl groups is 1. The van der Waals surface area contributed by atoms with Crippen molar-refractivity contribution >= 4 is 5.91 Å². The Morgan fingerprint density at radius 2 is 1.63 bits per heavy atom. The molecule has 0 saturated heterocycles. The van der Waals surface area contributed by atoms with Crippen molar-refractivity contribution in [3.05, 3.63) is 47.3 Å². The van der Waals surface area contributed by atoms with Gasteiger partial charge < -0.3 is 10.4 Å². The third-order valence-corrected chi connectivity index (χ3v) is 14.8. The first kappa shape index (κ1) is 29.4. The SMILES string of the molecule is C[C@H]1[C@H](C)CC[C@]2(C(=O)NCc3ccc(F)cc3)CC[C@]3(C)C(=CC[C@@H]4[C@@]5(C)CC[C@H](O)C(C)(C)[C@@H]5CC[C@]43C)[C@H]12. The van der Waals surface area contributed by atoms with Crippen LogP contribution in [0.1, 0.15) is 112 Å². The zero-order chi connectivity index (χ0) is 29.6. The Balaban J connectivity index is 1.36. The van der Waals surface area contributed by atoms with E-state index in [4.69, 9.17) is 0 Å². The normalized spacial score (nSPS) is 46.7. The summed E-state index contributed by atoms with van der Waals surface area (Å²) in [5.41, 5.74) is 2.64. The lowest BCUT2D eigenvalue weighted by molar-refractivity contribution is -0.204. The van der Waals surface area contributed by atoms with E-state index in [2.05, 4.69) is 59.9 Å². The van der Waals surface area contributed by atoms with Gasteiger partial charge in [0.25, 0.3) is 0 Å². The van der Waals surface area contributed by atoms with Crippen LogP contribution >= 0.6 is 0 Å². The van der Waals surface area contributed by atoms with Crippen molar-refractivity contribution in [2.45, 2.75) is 119 Å². The third kappa shape index (κ3) is 4.01. The second-order valence-corrected chi connectivity index (χ2v) is 16.5. The van der Waals surface area contributed by atoms with Crippen LogP contribution in [0.15, 0.2) is 35.9 Å². The summed E-state index contributed by atoms with van der Waals surface area (Å²) in [6, 6.07) is 6.52. The van der Waals surface area contributed by atoms with E-state index in [-0.39, 0.29) is 50.8 Å². The van der Waals surface area contributed by atoms with Gasteiger partial charge in [-0.3, -0.25) is 4.79 Å². The third-order valence-electron chi connectivity index (χ3n) is 14.8. The maximum Gasteiger partial charge on any atom is 0.227 e. The largest absolute Gasteiger partial charge is 0.393 e. The minimum atomic E-state index is -0.363. The predicted molar refractivity (Wildman–Crippen MR) is 163 cm³/mol. The number of carbonyl (C=O) groups is 1. The zero-order valence-corrected chi connectivity index (χ0v) is 26.7. The first-order chi connectivity index (χ1) is 19.2. The highest BCUT2D eigenvalue weighted by atomic mass is 19.1. The fourth-order valence-electron chi connectivity index (χ4n) is 11.8. The van der Waals surface area contributed by atoms with E-state index in [0.29, 0.717) is 30.2 Å². The Kier molecular flexibility index (Phi) is 6.93. The molecular weight excluding hydrogens is 509 g/mol. The number of hydrogen-bond donors (Lipinski definition) is 2. The number of allylic oxidation sites excluding steroid dienone is 2. The predicted octanol–water partition coefficient (Wildman–Crippen LogP) is 8.46. The highest BCUT2D eigenvalue weighted by Crippen LogP contribution is 2.75. The van der Waals surface area contributed by atoms with Gasteiger partial charge in [0, 0.05) is 6.54 Å². The summed E-state index contributed by atoms with van der Waals surface area (Å²) in [4.78, 5) is 14.3. The van der Waals surface area contributed by atoms with Gasteiger partial charge >= 0.3 is 0 Å². The van der Waals surface area contributed by atoms with Gasteiger partial charge in [-0.15, -0.1) is 0 Å². The molecule has 5 aliphatic rings.